The molecule has 0 aliphatic rings. The van der Waals surface area contributed by atoms with Crippen molar-refractivity contribution < 1.29 is 9.47 Å². The van der Waals surface area contributed by atoms with Gasteiger partial charge >= 0.3 is 0 Å². The molecule has 16 heavy (non-hydrogen) atoms. The van der Waals surface area contributed by atoms with E-state index in [1.807, 2.05) is 37.5 Å². The van der Waals surface area contributed by atoms with Crippen LogP contribution in [0.2, 0.25) is 0 Å². The van der Waals surface area contributed by atoms with Crippen LogP contribution in [0.3, 0.4) is 0 Å². The lowest BCUT2D eigenvalue weighted by molar-refractivity contribution is 0.245. The first kappa shape index (κ1) is 12.6. The zero-order chi connectivity index (χ0) is 11.8. The second-order valence-electron chi connectivity index (χ2n) is 3.75. The number of unbranched alkanes of at least 4 members (excludes halogenated alkanes) is 1. The van der Waals surface area contributed by atoms with Crippen LogP contribution in [0.4, 0.5) is 0 Å². The summed E-state index contributed by atoms with van der Waals surface area (Å²) >= 11 is 0. The zero-order valence-corrected chi connectivity index (χ0v) is 10.3. The third kappa shape index (κ3) is 3.97. The standard InChI is InChI=1S/C14H20O2/c1-4-5-10-16-11-12(2)13-6-8-14(15-3)9-7-13/h6-9,11H,4-5,10H2,1-3H3. The van der Waals surface area contributed by atoms with Gasteiger partial charge in [-0.3, -0.25) is 0 Å². The van der Waals surface area contributed by atoms with Gasteiger partial charge in [0.1, 0.15) is 5.75 Å². The Morgan fingerprint density at radius 1 is 1.25 bits per heavy atom. The lowest BCUT2D eigenvalue weighted by atomic mass is 10.1. The quantitative estimate of drug-likeness (QED) is 0.535. The van der Waals surface area contributed by atoms with Gasteiger partial charge in [0.2, 0.25) is 0 Å². The second kappa shape index (κ2) is 6.94. The molecule has 88 valence electrons. The minimum absolute atomic E-state index is 0.796. The first-order chi connectivity index (χ1) is 7.77. The van der Waals surface area contributed by atoms with Gasteiger partial charge in [-0.05, 0) is 36.6 Å². The van der Waals surface area contributed by atoms with Crippen molar-refractivity contribution in [3.63, 3.8) is 0 Å². The first-order valence-corrected chi connectivity index (χ1v) is 5.70. The third-order valence-electron chi connectivity index (χ3n) is 2.42. The van der Waals surface area contributed by atoms with Gasteiger partial charge in [0.05, 0.1) is 20.0 Å². The van der Waals surface area contributed by atoms with Crippen LogP contribution in [0.15, 0.2) is 30.5 Å². The molecule has 1 aromatic carbocycles. The van der Waals surface area contributed by atoms with E-state index in [9.17, 15) is 0 Å². The van der Waals surface area contributed by atoms with Crippen molar-refractivity contribution in [3.8, 4) is 5.75 Å². The molecule has 0 unspecified atom stereocenters. The van der Waals surface area contributed by atoms with Gasteiger partial charge in [0.25, 0.3) is 0 Å². The van der Waals surface area contributed by atoms with Gasteiger partial charge in [-0.25, -0.2) is 0 Å². The fraction of sp³-hybridized carbons (Fsp3) is 0.429. The highest BCUT2D eigenvalue weighted by atomic mass is 16.5. The topological polar surface area (TPSA) is 18.5 Å². The fourth-order valence-electron chi connectivity index (χ4n) is 1.33. The van der Waals surface area contributed by atoms with E-state index in [0.717, 1.165) is 36.3 Å². The summed E-state index contributed by atoms with van der Waals surface area (Å²) in [7, 11) is 1.67. The summed E-state index contributed by atoms with van der Waals surface area (Å²) in [5.41, 5.74) is 2.30. The number of allylic oxidation sites excluding steroid dienone is 1. The number of hydrogen-bond acceptors (Lipinski definition) is 2. The van der Waals surface area contributed by atoms with E-state index < -0.39 is 0 Å². The summed E-state index contributed by atoms with van der Waals surface area (Å²) in [5, 5.41) is 0. The average Bonchev–Trinajstić information content (AvgIpc) is 2.34. The van der Waals surface area contributed by atoms with Crippen molar-refractivity contribution in [2.75, 3.05) is 13.7 Å². The minimum atomic E-state index is 0.796. The molecule has 2 heteroatoms. The molecule has 1 aromatic rings. The molecule has 0 amide bonds. The predicted molar refractivity (Wildman–Crippen MR) is 67.5 cm³/mol. The first-order valence-electron chi connectivity index (χ1n) is 5.70. The van der Waals surface area contributed by atoms with Crippen molar-refractivity contribution in [3.05, 3.63) is 36.1 Å². The van der Waals surface area contributed by atoms with E-state index in [2.05, 4.69) is 6.92 Å². The van der Waals surface area contributed by atoms with E-state index in [1.165, 1.54) is 0 Å². The lowest BCUT2D eigenvalue weighted by Crippen LogP contribution is -1.88. The molecule has 0 bridgehead atoms. The number of hydrogen-bond donors (Lipinski definition) is 0. The molecule has 0 aromatic heterocycles. The fourth-order valence-corrected chi connectivity index (χ4v) is 1.33. The molecule has 0 saturated carbocycles. The Morgan fingerprint density at radius 3 is 2.50 bits per heavy atom. The summed E-state index contributed by atoms with van der Waals surface area (Å²) in [5.74, 6) is 0.878. The van der Waals surface area contributed by atoms with E-state index in [0.29, 0.717) is 0 Å². The molecule has 0 spiro atoms. The average molecular weight is 220 g/mol. The van der Waals surface area contributed by atoms with Crippen molar-refractivity contribution in [2.24, 2.45) is 0 Å². The van der Waals surface area contributed by atoms with E-state index in [4.69, 9.17) is 9.47 Å². The van der Waals surface area contributed by atoms with Crippen LogP contribution in [0.1, 0.15) is 32.3 Å². The summed E-state index contributed by atoms with van der Waals surface area (Å²) in [6, 6.07) is 7.99. The van der Waals surface area contributed by atoms with Gasteiger partial charge in [-0.15, -0.1) is 0 Å². The molecular weight excluding hydrogens is 200 g/mol. The van der Waals surface area contributed by atoms with Gasteiger partial charge in [0.15, 0.2) is 0 Å². The smallest absolute Gasteiger partial charge is 0.118 e. The van der Waals surface area contributed by atoms with Crippen LogP contribution >= 0.6 is 0 Å². The van der Waals surface area contributed by atoms with Crippen molar-refractivity contribution in [2.45, 2.75) is 26.7 Å². The van der Waals surface area contributed by atoms with E-state index in [-0.39, 0.29) is 0 Å². The number of ether oxygens (including phenoxy) is 2. The molecule has 0 saturated heterocycles. The number of rotatable bonds is 6. The van der Waals surface area contributed by atoms with Crippen LogP contribution in [0, 0.1) is 0 Å². The molecule has 0 radical (unpaired) electrons. The van der Waals surface area contributed by atoms with Crippen molar-refractivity contribution in [1.29, 1.82) is 0 Å². The van der Waals surface area contributed by atoms with E-state index in [1.54, 1.807) is 7.11 Å². The Balaban J connectivity index is 2.54. The summed E-state index contributed by atoms with van der Waals surface area (Å²) < 4.78 is 10.6. The largest absolute Gasteiger partial charge is 0.501 e. The third-order valence-corrected chi connectivity index (χ3v) is 2.42. The summed E-state index contributed by atoms with van der Waals surface area (Å²) in [4.78, 5) is 0. The normalized spacial score (nSPS) is 11.3. The van der Waals surface area contributed by atoms with Gasteiger partial charge in [-0.1, -0.05) is 25.5 Å². The maximum absolute atomic E-state index is 5.45. The summed E-state index contributed by atoms with van der Waals surface area (Å²) in [6.07, 6.45) is 4.10. The number of methoxy groups -OCH3 is 1. The van der Waals surface area contributed by atoms with Crippen molar-refractivity contribution >= 4 is 5.57 Å². The van der Waals surface area contributed by atoms with Crippen LogP contribution in [0.5, 0.6) is 5.75 Å². The highest BCUT2D eigenvalue weighted by Gasteiger charge is 1.96. The Bertz CT molecular complexity index is 325. The maximum atomic E-state index is 5.45. The Hall–Kier alpha value is -1.44. The SMILES string of the molecule is CCCCOC=C(C)c1ccc(OC)cc1. The Labute approximate surface area is 97.9 Å². The predicted octanol–water partition coefficient (Wildman–Crippen LogP) is 3.87. The second-order valence-corrected chi connectivity index (χ2v) is 3.75. The zero-order valence-electron chi connectivity index (χ0n) is 10.3. The molecule has 0 heterocycles. The molecule has 0 N–H and O–H groups in total. The van der Waals surface area contributed by atoms with Gasteiger partial charge in [-0.2, -0.15) is 0 Å². The van der Waals surface area contributed by atoms with Gasteiger partial charge < -0.3 is 9.47 Å². The number of benzene rings is 1. The molecule has 1 rings (SSSR count). The minimum Gasteiger partial charge on any atom is -0.501 e. The molecular formula is C14H20O2. The molecule has 2 nitrogen and oxygen atoms in total. The van der Waals surface area contributed by atoms with Crippen LogP contribution in [0.25, 0.3) is 5.57 Å². The maximum Gasteiger partial charge on any atom is 0.118 e. The van der Waals surface area contributed by atoms with Gasteiger partial charge in [0, 0.05) is 0 Å². The Kier molecular flexibility index (Phi) is 5.48. The van der Waals surface area contributed by atoms with Crippen molar-refractivity contribution in [1.82, 2.24) is 0 Å². The summed E-state index contributed by atoms with van der Waals surface area (Å²) in [6.45, 7) is 5.00. The molecule has 0 aliphatic heterocycles. The van der Waals surface area contributed by atoms with Crippen LogP contribution in [-0.4, -0.2) is 13.7 Å². The highest BCUT2D eigenvalue weighted by molar-refractivity contribution is 5.63. The van der Waals surface area contributed by atoms with Crippen LogP contribution in [-0.2, 0) is 4.74 Å². The van der Waals surface area contributed by atoms with Crippen LogP contribution < -0.4 is 4.74 Å². The highest BCUT2D eigenvalue weighted by Crippen LogP contribution is 2.18. The van der Waals surface area contributed by atoms with E-state index >= 15 is 0 Å². The Morgan fingerprint density at radius 2 is 1.94 bits per heavy atom. The monoisotopic (exact) mass is 220 g/mol. The molecule has 0 aliphatic carbocycles. The lowest BCUT2D eigenvalue weighted by Gasteiger charge is -2.05. The molecule has 0 fully saturated rings. The molecule has 0 atom stereocenters.